The summed E-state index contributed by atoms with van der Waals surface area (Å²) in [5.74, 6) is 0.175. The third kappa shape index (κ3) is 3.40. The Balaban J connectivity index is 1.54. The molecule has 3 aromatic rings. The number of aromatic nitrogens is 2. The number of benzene rings is 1. The average Bonchev–Trinajstić information content (AvgIpc) is 3.16. The molecular formula is C19H18F3N3O2S. The maximum absolute atomic E-state index is 12.9. The van der Waals surface area contributed by atoms with E-state index in [1.807, 2.05) is 18.3 Å². The molecule has 0 atom stereocenters. The van der Waals surface area contributed by atoms with Crippen LogP contribution >= 0.6 is 0 Å². The number of piperidine rings is 1. The van der Waals surface area contributed by atoms with Gasteiger partial charge in [0.1, 0.15) is 5.65 Å². The van der Waals surface area contributed by atoms with Gasteiger partial charge in [-0.05, 0) is 54.7 Å². The van der Waals surface area contributed by atoms with Crippen LogP contribution in [-0.4, -0.2) is 35.8 Å². The summed E-state index contributed by atoms with van der Waals surface area (Å²) in [6.45, 7) is 0.523. The molecule has 1 N–H and O–H groups in total. The van der Waals surface area contributed by atoms with Gasteiger partial charge in [0.05, 0.1) is 10.5 Å². The maximum atomic E-state index is 12.9. The van der Waals surface area contributed by atoms with Crippen LogP contribution in [0.4, 0.5) is 13.2 Å². The molecule has 28 heavy (non-hydrogen) atoms. The Kier molecular flexibility index (Phi) is 4.67. The zero-order valence-electron chi connectivity index (χ0n) is 14.8. The number of rotatable bonds is 3. The van der Waals surface area contributed by atoms with Crippen molar-refractivity contribution in [1.82, 2.24) is 14.3 Å². The van der Waals surface area contributed by atoms with Gasteiger partial charge in [-0.25, -0.2) is 13.4 Å². The lowest BCUT2D eigenvalue weighted by molar-refractivity contribution is -0.137. The Morgan fingerprint density at radius 3 is 2.57 bits per heavy atom. The number of alkyl halides is 3. The zero-order chi connectivity index (χ0) is 19.9. The molecule has 1 aliphatic rings. The quantitative estimate of drug-likeness (QED) is 0.707. The standard InChI is InChI=1S/C19H18F3N3O2S/c20-19(21,22)14-2-1-3-15(12-14)28(26,27)25-10-6-13(7-11-25)16-4-8-23-18-17(16)5-9-24-18/h1-5,8-9,12-13H,6-7,10-11H2,(H,23,24). The van der Waals surface area contributed by atoms with Gasteiger partial charge in [0.2, 0.25) is 10.0 Å². The summed E-state index contributed by atoms with van der Waals surface area (Å²) in [4.78, 5) is 7.00. The third-order valence-corrected chi connectivity index (χ3v) is 7.08. The van der Waals surface area contributed by atoms with Gasteiger partial charge in [0, 0.05) is 30.9 Å². The van der Waals surface area contributed by atoms with Crippen molar-refractivity contribution in [3.63, 3.8) is 0 Å². The molecule has 1 fully saturated rings. The lowest BCUT2D eigenvalue weighted by Gasteiger charge is -2.31. The van der Waals surface area contributed by atoms with Gasteiger partial charge in [-0.1, -0.05) is 6.07 Å². The Morgan fingerprint density at radius 2 is 1.86 bits per heavy atom. The number of halogens is 3. The van der Waals surface area contributed by atoms with E-state index in [9.17, 15) is 21.6 Å². The average molecular weight is 409 g/mol. The van der Waals surface area contributed by atoms with Gasteiger partial charge < -0.3 is 4.98 Å². The van der Waals surface area contributed by atoms with Crippen molar-refractivity contribution in [2.45, 2.75) is 29.8 Å². The second kappa shape index (κ2) is 6.89. The molecule has 1 aliphatic heterocycles. The van der Waals surface area contributed by atoms with Crippen LogP contribution in [0, 0.1) is 0 Å². The van der Waals surface area contributed by atoms with Gasteiger partial charge in [0.25, 0.3) is 0 Å². The van der Waals surface area contributed by atoms with Crippen LogP contribution in [-0.2, 0) is 16.2 Å². The van der Waals surface area contributed by atoms with Crippen LogP contribution in [0.1, 0.15) is 29.9 Å². The fraction of sp³-hybridized carbons (Fsp3) is 0.316. The van der Waals surface area contributed by atoms with Crippen LogP contribution in [0.5, 0.6) is 0 Å². The first kappa shape index (κ1) is 18.9. The first-order chi connectivity index (χ1) is 13.3. The van der Waals surface area contributed by atoms with Gasteiger partial charge in [-0.3, -0.25) is 0 Å². The van der Waals surface area contributed by atoms with E-state index in [0.29, 0.717) is 18.9 Å². The molecule has 0 aliphatic carbocycles. The summed E-state index contributed by atoms with van der Waals surface area (Å²) >= 11 is 0. The molecule has 1 saturated heterocycles. The van der Waals surface area contributed by atoms with Gasteiger partial charge in [-0.15, -0.1) is 0 Å². The van der Waals surface area contributed by atoms with Crippen LogP contribution in [0.3, 0.4) is 0 Å². The highest BCUT2D eigenvalue weighted by molar-refractivity contribution is 7.89. The highest BCUT2D eigenvalue weighted by Gasteiger charge is 2.34. The maximum Gasteiger partial charge on any atom is 0.416 e. The second-order valence-corrected chi connectivity index (χ2v) is 8.78. The molecule has 0 spiro atoms. The smallest absolute Gasteiger partial charge is 0.346 e. The number of sulfonamides is 1. The number of hydrogen-bond donors (Lipinski definition) is 1. The third-order valence-electron chi connectivity index (χ3n) is 5.19. The second-order valence-electron chi connectivity index (χ2n) is 6.84. The van der Waals surface area contributed by atoms with E-state index < -0.39 is 21.8 Å². The molecule has 3 heterocycles. The summed E-state index contributed by atoms with van der Waals surface area (Å²) in [5, 5.41) is 1.02. The monoisotopic (exact) mass is 409 g/mol. The number of aromatic amines is 1. The highest BCUT2D eigenvalue weighted by Crippen LogP contribution is 2.35. The zero-order valence-corrected chi connectivity index (χ0v) is 15.6. The number of H-pyrrole nitrogens is 1. The first-order valence-electron chi connectivity index (χ1n) is 8.86. The topological polar surface area (TPSA) is 66.1 Å². The summed E-state index contributed by atoms with van der Waals surface area (Å²) in [7, 11) is -3.97. The van der Waals surface area contributed by atoms with E-state index in [-0.39, 0.29) is 23.9 Å². The van der Waals surface area contributed by atoms with Crippen molar-refractivity contribution in [1.29, 1.82) is 0 Å². The number of nitrogens with one attached hydrogen (secondary N) is 1. The number of hydrogen-bond acceptors (Lipinski definition) is 3. The lowest BCUT2D eigenvalue weighted by atomic mass is 9.89. The van der Waals surface area contributed by atoms with Crippen LogP contribution in [0.2, 0.25) is 0 Å². The molecule has 0 unspecified atom stereocenters. The Bertz CT molecular complexity index is 1100. The molecule has 1 aromatic carbocycles. The van der Waals surface area contributed by atoms with E-state index in [0.717, 1.165) is 28.7 Å². The SMILES string of the molecule is O=S(=O)(c1cccc(C(F)(F)F)c1)N1CCC(c2ccnc3[nH]ccc23)CC1. The van der Waals surface area contributed by atoms with Crippen LogP contribution in [0.15, 0.2) is 53.7 Å². The van der Waals surface area contributed by atoms with Gasteiger partial charge in [0.15, 0.2) is 0 Å². The van der Waals surface area contributed by atoms with E-state index in [4.69, 9.17) is 0 Å². The van der Waals surface area contributed by atoms with E-state index in [1.54, 1.807) is 6.20 Å². The summed E-state index contributed by atoms with van der Waals surface area (Å²) in [5.41, 5.74) is 0.939. The Labute approximate surface area is 160 Å². The minimum absolute atomic E-state index is 0.175. The molecule has 0 amide bonds. The molecule has 4 rings (SSSR count). The molecule has 0 bridgehead atoms. The molecule has 148 valence electrons. The van der Waals surface area contributed by atoms with Crippen molar-refractivity contribution in [3.05, 3.63) is 59.9 Å². The largest absolute Gasteiger partial charge is 0.416 e. The molecular weight excluding hydrogens is 391 g/mol. The fourth-order valence-corrected chi connectivity index (χ4v) is 5.24. The van der Waals surface area contributed by atoms with Gasteiger partial charge in [-0.2, -0.15) is 17.5 Å². The molecule has 0 saturated carbocycles. The summed E-state index contributed by atoms with van der Waals surface area (Å²) in [6, 6.07) is 7.80. The predicted octanol–water partition coefficient (Wildman–Crippen LogP) is 4.15. The van der Waals surface area contributed by atoms with Crippen molar-refractivity contribution in [2.24, 2.45) is 0 Å². The lowest BCUT2D eigenvalue weighted by Crippen LogP contribution is -2.38. The Morgan fingerprint density at radius 1 is 1.11 bits per heavy atom. The normalized spacial score (nSPS) is 17.2. The molecule has 0 radical (unpaired) electrons. The number of pyridine rings is 1. The Hall–Kier alpha value is -2.39. The fourth-order valence-electron chi connectivity index (χ4n) is 3.73. The molecule has 9 heteroatoms. The van der Waals surface area contributed by atoms with E-state index in [2.05, 4.69) is 9.97 Å². The van der Waals surface area contributed by atoms with Crippen LogP contribution < -0.4 is 0 Å². The first-order valence-corrected chi connectivity index (χ1v) is 10.3. The van der Waals surface area contributed by atoms with Crippen LogP contribution in [0.25, 0.3) is 11.0 Å². The van der Waals surface area contributed by atoms with Crippen molar-refractivity contribution >= 4 is 21.1 Å². The minimum atomic E-state index is -4.58. The van der Waals surface area contributed by atoms with E-state index >= 15 is 0 Å². The van der Waals surface area contributed by atoms with Crippen molar-refractivity contribution in [3.8, 4) is 0 Å². The molecule has 2 aromatic heterocycles. The number of fused-ring (bicyclic) bond motifs is 1. The summed E-state index contributed by atoms with van der Waals surface area (Å²) in [6.07, 6.45) is 0.154. The predicted molar refractivity (Wildman–Crippen MR) is 98.3 cm³/mol. The van der Waals surface area contributed by atoms with Gasteiger partial charge >= 0.3 is 6.18 Å². The number of nitrogens with zero attached hydrogens (tertiary/aromatic N) is 2. The van der Waals surface area contributed by atoms with E-state index in [1.165, 1.54) is 10.4 Å². The molecule has 5 nitrogen and oxygen atoms in total. The van der Waals surface area contributed by atoms with Crippen molar-refractivity contribution in [2.75, 3.05) is 13.1 Å². The highest BCUT2D eigenvalue weighted by atomic mass is 32.2. The van der Waals surface area contributed by atoms with Crippen molar-refractivity contribution < 1.29 is 21.6 Å². The minimum Gasteiger partial charge on any atom is -0.346 e. The summed E-state index contributed by atoms with van der Waals surface area (Å²) < 4.78 is 65.7.